The third kappa shape index (κ3) is 4.10. The highest BCUT2D eigenvalue weighted by Gasteiger charge is 2.37. The normalized spacial score (nSPS) is 18.5. The van der Waals surface area contributed by atoms with Crippen LogP contribution in [0.1, 0.15) is 43.3 Å². The fourth-order valence-electron chi connectivity index (χ4n) is 4.29. The molecule has 0 spiro atoms. The van der Waals surface area contributed by atoms with Crippen LogP contribution < -0.4 is 14.2 Å². The molecule has 0 saturated carbocycles. The number of hydrogen-bond donors (Lipinski definition) is 0. The van der Waals surface area contributed by atoms with Crippen LogP contribution in [0.3, 0.4) is 0 Å². The van der Waals surface area contributed by atoms with E-state index >= 15 is 0 Å². The van der Waals surface area contributed by atoms with Gasteiger partial charge in [-0.3, -0.25) is 4.79 Å². The monoisotopic (exact) mass is 476 g/mol. The third-order valence-electron chi connectivity index (χ3n) is 6.07. The van der Waals surface area contributed by atoms with Crippen LogP contribution in [0.5, 0.6) is 17.2 Å². The van der Waals surface area contributed by atoms with Crippen LogP contribution in [0.25, 0.3) is 5.65 Å². The Morgan fingerprint density at radius 1 is 1.24 bits per heavy atom. The summed E-state index contributed by atoms with van der Waals surface area (Å²) in [5, 5.41) is 4.22. The van der Waals surface area contributed by atoms with Crippen molar-refractivity contribution < 1.29 is 32.2 Å². The Labute approximate surface area is 193 Å². The number of likely N-dealkylation sites (tertiary alicyclic amines) is 1. The molecular weight excluding hydrogens is 453 g/mol. The predicted molar refractivity (Wildman–Crippen MR) is 114 cm³/mol. The molecule has 2 aliphatic rings. The topological polar surface area (TPSA) is 78.2 Å². The highest BCUT2D eigenvalue weighted by molar-refractivity contribution is 5.81. The lowest BCUT2D eigenvalue weighted by Crippen LogP contribution is -2.39. The zero-order chi connectivity index (χ0) is 24.0. The van der Waals surface area contributed by atoms with Gasteiger partial charge < -0.3 is 19.1 Å². The number of ether oxygens (including phenoxy) is 3. The van der Waals surface area contributed by atoms with Gasteiger partial charge in [-0.25, -0.2) is 9.50 Å². The number of amides is 1. The molecule has 1 fully saturated rings. The molecule has 2 atom stereocenters. The van der Waals surface area contributed by atoms with Gasteiger partial charge in [0.25, 0.3) is 5.91 Å². The molecular formula is C23H23F3N4O4. The minimum Gasteiger partial charge on any atom is -0.481 e. The van der Waals surface area contributed by atoms with Crippen LogP contribution in [0, 0.1) is 0 Å². The first-order valence-corrected chi connectivity index (χ1v) is 11.0. The van der Waals surface area contributed by atoms with Crippen molar-refractivity contribution in [3.8, 4) is 17.2 Å². The number of aromatic nitrogens is 3. The van der Waals surface area contributed by atoms with E-state index in [1.54, 1.807) is 43.0 Å². The quantitative estimate of drug-likeness (QED) is 0.557. The summed E-state index contributed by atoms with van der Waals surface area (Å²) < 4.78 is 57.9. The summed E-state index contributed by atoms with van der Waals surface area (Å²) in [4.78, 5) is 18.9. The van der Waals surface area contributed by atoms with Crippen LogP contribution in [0.15, 0.2) is 30.3 Å². The third-order valence-corrected chi connectivity index (χ3v) is 6.07. The zero-order valence-electron chi connectivity index (χ0n) is 18.6. The number of carbonyl (C=O) groups is 1. The van der Waals surface area contributed by atoms with E-state index in [0.717, 1.165) is 10.6 Å². The summed E-state index contributed by atoms with van der Waals surface area (Å²) in [6.07, 6.45) is -4.32. The molecule has 3 aromatic rings. The molecule has 1 saturated heterocycles. The first-order valence-electron chi connectivity index (χ1n) is 11.0. The molecule has 1 aromatic carbocycles. The molecule has 2 aliphatic heterocycles. The molecule has 11 heteroatoms. The van der Waals surface area contributed by atoms with Crippen molar-refractivity contribution in [3.63, 3.8) is 0 Å². The van der Waals surface area contributed by atoms with Crippen molar-refractivity contribution in [1.29, 1.82) is 0 Å². The first kappa shape index (κ1) is 22.3. The van der Waals surface area contributed by atoms with E-state index in [2.05, 4.69) is 10.1 Å². The van der Waals surface area contributed by atoms with Gasteiger partial charge in [-0.05, 0) is 38.0 Å². The van der Waals surface area contributed by atoms with Crippen molar-refractivity contribution in [2.24, 2.45) is 0 Å². The lowest BCUT2D eigenvalue weighted by Gasteiger charge is -2.21. The van der Waals surface area contributed by atoms with Crippen LogP contribution in [0.2, 0.25) is 0 Å². The molecule has 0 N–H and O–H groups in total. The van der Waals surface area contributed by atoms with Gasteiger partial charge in [0.2, 0.25) is 6.79 Å². The van der Waals surface area contributed by atoms with Gasteiger partial charge in [0.05, 0.1) is 5.69 Å². The van der Waals surface area contributed by atoms with Gasteiger partial charge in [-0.1, -0.05) is 6.92 Å². The molecule has 34 heavy (non-hydrogen) atoms. The summed E-state index contributed by atoms with van der Waals surface area (Å²) in [6.45, 7) is 4.37. The van der Waals surface area contributed by atoms with Gasteiger partial charge in [-0.2, -0.15) is 18.3 Å². The van der Waals surface area contributed by atoms with E-state index < -0.39 is 18.0 Å². The van der Waals surface area contributed by atoms with Crippen molar-refractivity contribution in [1.82, 2.24) is 19.5 Å². The van der Waals surface area contributed by atoms with Gasteiger partial charge in [-0.15, -0.1) is 0 Å². The Bertz CT molecular complexity index is 1240. The molecule has 0 unspecified atom stereocenters. The van der Waals surface area contributed by atoms with Crippen molar-refractivity contribution in [3.05, 3.63) is 47.4 Å². The average Bonchev–Trinajstić information content (AvgIpc) is 3.55. The zero-order valence-corrected chi connectivity index (χ0v) is 18.6. The van der Waals surface area contributed by atoms with Crippen molar-refractivity contribution in [2.45, 2.75) is 44.9 Å². The molecule has 8 nitrogen and oxygen atoms in total. The summed E-state index contributed by atoms with van der Waals surface area (Å²) in [5.74, 6) is 1.28. The van der Waals surface area contributed by atoms with Gasteiger partial charge in [0.15, 0.2) is 23.3 Å². The molecule has 5 rings (SSSR count). The standard InChI is InChI=1S/C23H23F3N4O4/c1-3-15-8-20(23(24,25)26)30-21(27-15)10-17(28-30)14-6-7-29(11-14)22(31)13(2)34-16-4-5-18-19(9-16)33-12-32-18/h4-5,8-10,13-14H,3,6-7,11-12H2,1-2H3/t13-,14+/m0/s1. The second-order valence-electron chi connectivity index (χ2n) is 8.37. The van der Waals surface area contributed by atoms with E-state index in [1.807, 2.05) is 0 Å². The Hall–Kier alpha value is -3.50. The van der Waals surface area contributed by atoms with E-state index in [1.165, 1.54) is 0 Å². The van der Waals surface area contributed by atoms with E-state index in [9.17, 15) is 18.0 Å². The summed E-state index contributed by atoms with van der Waals surface area (Å²) in [5.41, 5.74) is 0.151. The number of aryl methyl sites for hydroxylation is 1. The summed E-state index contributed by atoms with van der Waals surface area (Å²) in [7, 11) is 0. The first-order chi connectivity index (χ1) is 16.2. The Morgan fingerprint density at radius 2 is 2.03 bits per heavy atom. The maximum Gasteiger partial charge on any atom is 0.433 e. The maximum absolute atomic E-state index is 13.6. The average molecular weight is 476 g/mol. The number of rotatable bonds is 5. The Kier molecular flexibility index (Phi) is 5.49. The smallest absolute Gasteiger partial charge is 0.433 e. The lowest BCUT2D eigenvalue weighted by molar-refractivity contribution is -0.142. The van der Waals surface area contributed by atoms with Crippen molar-refractivity contribution in [2.75, 3.05) is 19.9 Å². The molecule has 0 bridgehead atoms. The number of alkyl halides is 3. The second-order valence-corrected chi connectivity index (χ2v) is 8.37. The van der Waals surface area contributed by atoms with Crippen LogP contribution in [-0.4, -0.2) is 51.4 Å². The predicted octanol–water partition coefficient (Wildman–Crippen LogP) is 3.82. The second kappa shape index (κ2) is 8.37. The van der Waals surface area contributed by atoms with E-state index in [4.69, 9.17) is 14.2 Å². The molecule has 4 heterocycles. The van der Waals surface area contributed by atoms with Gasteiger partial charge in [0, 0.05) is 36.8 Å². The molecule has 180 valence electrons. The molecule has 0 radical (unpaired) electrons. The minimum absolute atomic E-state index is 0.144. The molecule has 2 aromatic heterocycles. The number of fused-ring (bicyclic) bond motifs is 2. The van der Waals surface area contributed by atoms with Crippen LogP contribution in [-0.2, 0) is 17.4 Å². The Morgan fingerprint density at radius 3 is 2.79 bits per heavy atom. The Balaban J connectivity index is 1.30. The number of nitrogens with zero attached hydrogens (tertiary/aromatic N) is 4. The number of halogens is 3. The highest BCUT2D eigenvalue weighted by atomic mass is 19.4. The SMILES string of the molecule is CCc1cc(C(F)(F)F)n2nc([C@@H]3CCN(C(=O)[C@H](C)Oc4ccc5c(c4)OCO5)C3)cc2n1. The number of benzene rings is 1. The highest BCUT2D eigenvalue weighted by Crippen LogP contribution is 2.36. The largest absolute Gasteiger partial charge is 0.481 e. The van der Waals surface area contributed by atoms with Crippen LogP contribution >= 0.6 is 0 Å². The number of carbonyl (C=O) groups excluding carboxylic acids is 1. The summed E-state index contributed by atoms with van der Waals surface area (Å²) in [6, 6.07) is 7.71. The van der Waals surface area contributed by atoms with E-state index in [0.29, 0.717) is 54.6 Å². The van der Waals surface area contributed by atoms with Gasteiger partial charge >= 0.3 is 6.18 Å². The molecule has 0 aliphatic carbocycles. The lowest BCUT2D eigenvalue weighted by atomic mass is 10.1. The fraction of sp³-hybridized carbons (Fsp3) is 0.435. The van der Waals surface area contributed by atoms with Gasteiger partial charge in [0.1, 0.15) is 11.4 Å². The maximum atomic E-state index is 13.6. The van der Waals surface area contributed by atoms with Crippen molar-refractivity contribution >= 4 is 11.6 Å². The number of hydrogen-bond acceptors (Lipinski definition) is 6. The molecule has 1 amide bonds. The minimum atomic E-state index is -4.55. The summed E-state index contributed by atoms with van der Waals surface area (Å²) >= 11 is 0. The fourth-order valence-corrected chi connectivity index (χ4v) is 4.29. The van der Waals surface area contributed by atoms with E-state index in [-0.39, 0.29) is 24.3 Å². The van der Waals surface area contributed by atoms with Crippen LogP contribution in [0.4, 0.5) is 13.2 Å².